The lowest BCUT2D eigenvalue weighted by molar-refractivity contribution is 0.405. The van der Waals surface area contributed by atoms with Crippen LogP contribution in [0.15, 0.2) is 98.0 Å². The zero-order valence-corrected chi connectivity index (χ0v) is 23.3. The molecule has 0 aliphatic heterocycles. The monoisotopic (exact) mass is 543 g/mol. The summed E-state index contributed by atoms with van der Waals surface area (Å²) in [5, 5.41) is 12.4. The first kappa shape index (κ1) is 26.5. The molecule has 5 nitrogen and oxygen atoms in total. The number of aromatic amines is 2. The van der Waals surface area contributed by atoms with Gasteiger partial charge in [0.1, 0.15) is 11.5 Å². The largest absolute Gasteiger partial charge is 0.358 e. The number of anilines is 1. The van der Waals surface area contributed by atoms with Crippen LogP contribution in [0, 0.1) is 18.7 Å². The third-order valence-corrected chi connectivity index (χ3v) is 8.02. The molecule has 1 aliphatic carbocycles. The molecule has 0 saturated heterocycles. The summed E-state index contributed by atoms with van der Waals surface area (Å²) in [5.74, 6) is 0.248. The minimum Gasteiger partial charge on any atom is -0.358 e. The summed E-state index contributed by atoms with van der Waals surface area (Å²) in [6.45, 7) is 10.2. The molecular formula is C35H34FN5. The average molecular weight is 544 g/mol. The van der Waals surface area contributed by atoms with Crippen molar-refractivity contribution in [2.45, 2.75) is 39.0 Å². The van der Waals surface area contributed by atoms with Crippen molar-refractivity contribution in [3.8, 4) is 22.5 Å². The van der Waals surface area contributed by atoms with Crippen molar-refractivity contribution in [2.24, 2.45) is 5.92 Å². The van der Waals surface area contributed by atoms with Gasteiger partial charge in [-0.2, -0.15) is 5.10 Å². The number of hydrogen-bond donors (Lipinski definition) is 3. The van der Waals surface area contributed by atoms with E-state index < -0.39 is 0 Å². The van der Waals surface area contributed by atoms with Crippen molar-refractivity contribution in [1.82, 2.24) is 20.2 Å². The third-order valence-electron chi connectivity index (χ3n) is 8.02. The first-order chi connectivity index (χ1) is 20.0. The Kier molecular flexibility index (Phi) is 7.38. The number of fused-ring (bicyclic) bond motifs is 1. The highest BCUT2D eigenvalue weighted by Crippen LogP contribution is 2.35. The number of pyridine rings is 1. The van der Waals surface area contributed by atoms with Gasteiger partial charge in [-0.05, 0) is 78.8 Å². The second-order valence-corrected chi connectivity index (χ2v) is 10.8. The molecule has 3 heterocycles. The predicted octanol–water partition coefficient (Wildman–Crippen LogP) is 9.19. The molecule has 6 heteroatoms. The number of nitrogens with zero attached hydrogens (tertiary/aromatic N) is 2. The standard InChI is InChI=1S/C35H34FN5/c1-4-9-30(26-12-8-13-28(36)16-26)31-19-34(39-23(31)3)35-32-18-25(14-15-33(32)40-41-35)27-17-29(21-37-20-27)38-22(2)24-10-6-5-7-11-24/h4,8-9,12-21,24,38-39H,1-2,5-7,10-11H2,3H3,(H,40,41)/b30-9-. The van der Waals surface area contributed by atoms with Crippen molar-refractivity contribution < 1.29 is 4.39 Å². The SMILES string of the molecule is C=C/C=C(/c1cccc(F)c1)c1cc(-c2n[nH]c3ccc(-c4cncc(NC(=C)C5CCCCC5)c4)cc23)[nH]c1C. The normalized spacial score (nSPS) is 14.3. The van der Waals surface area contributed by atoms with Gasteiger partial charge in [0, 0.05) is 34.1 Å². The Balaban J connectivity index is 1.32. The number of aryl methyl sites for hydroxylation is 1. The Labute approximate surface area is 239 Å². The molecule has 6 rings (SSSR count). The van der Waals surface area contributed by atoms with Gasteiger partial charge in [0.05, 0.1) is 23.1 Å². The number of allylic oxidation sites excluding steroid dienone is 3. The molecule has 206 valence electrons. The summed E-state index contributed by atoms with van der Waals surface area (Å²) in [6.07, 6.45) is 13.6. The summed E-state index contributed by atoms with van der Waals surface area (Å²) in [7, 11) is 0. The summed E-state index contributed by atoms with van der Waals surface area (Å²) in [4.78, 5) is 8.02. The number of rotatable bonds is 8. The van der Waals surface area contributed by atoms with E-state index in [0.29, 0.717) is 5.92 Å². The molecule has 0 amide bonds. The van der Waals surface area contributed by atoms with E-state index >= 15 is 0 Å². The Morgan fingerprint density at radius 3 is 2.68 bits per heavy atom. The van der Waals surface area contributed by atoms with E-state index in [9.17, 15) is 4.39 Å². The van der Waals surface area contributed by atoms with E-state index in [-0.39, 0.29) is 5.82 Å². The fourth-order valence-corrected chi connectivity index (χ4v) is 5.88. The first-order valence-corrected chi connectivity index (χ1v) is 14.2. The van der Waals surface area contributed by atoms with Crippen LogP contribution in [0.1, 0.15) is 48.9 Å². The average Bonchev–Trinajstić information content (AvgIpc) is 3.59. The molecule has 1 fully saturated rings. The molecule has 5 aromatic rings. The van der Waals surface area contributed by atoms with Crippen molar-refractivity contribution in [2.75, 3.05) is 5.32 Å². The van der Waals surface area contributed by atoms with E-state index in [0.717, 1.165) is 67.2 Å². The minimum atomic E-state index is -0.274. The van der Waals surface area contributed by atoms with Gasteiger partial charge in [-0.3, -0.25) is 10.1 Å². The lowest BCUT2D eigenvalue weighted by atomic mass is 9.87. The highest BCUT2D eigenvalue weighted by atomic mass is 19.1. The summed E-state index contributed by atoms with van der Waals surface area (Å²) < 4.78 is 14.0. The third kappa shape index (κ3) is 5.50. The van der Waals surface area contributed by atoms with E-state index in [1.807, 2.05) is 31.5 Å². The molecule has 3 aromatic heterocycles. The smallest absolute Gasteiger partial charge is 0.123 e. The molecule has 1 aliphatic rings. The molecule has 0 unspecified atom stereocenters. The molecule has 1 saturated carbocycles. The maximum atomic E-state index is 14.0. The van der Waals surface area contributed by atoms with Gasteiger partial charge in [0.2, 0.25) is 0 Å². The van der Waals surface area contributed by atoms with Crippen LogP contribution in [0.2, 0.25) is 0 Å². The highest BCUT2D eigenvalue weighted by molar-refractivity contribution is 5.96. The Morgan fingerprint density at radius 1 is 1.02 bits per heavy atom. The molecule has 2 aromatic carbocycles. The number of halogens is 1. The second kappa shape index (κ2) is 11.4. The molecular weight excluding hydrogens is 509 g/mol. The van der Waals surface area contributed by atoms with Crippen LogP contribution >= 0.6 is 0 Å². The van der Waals surface area contributed by atoms with Crippen molar-refractivity contribution in [3.05, 3.63) is 121 Å². The highest BCUT2D eigenvalue weighted by Gasteiger charge is 2.18. The van der Waals surface area contributed by atoms with Gasteiger partial charge in [-0.25, -0.2) is 4.39 Å². The van der Waals surface area contributed by atoms with Crippen molar-refractivity contribution >= 4 is 22.2 Å². The number of hydrogen-bond acceptors (Lipinski definition) is 3. The van der Waals surface area contributed by atoms with E-state index in [2.05, 4.69) is 69.0 Å². The van der Waals surface area contributed by atoms with E-state index in [1.165, 1.54) is 38.2 Å². The maximum Gasteiger partial charge on any atom is 0.123 e. The van der Waals surface area contributed by atoms with Gasteiger partial charge in [-0.1, -0.05) is 62.8 Å². The fraction of sp³-hybridized carbons (Fsp3) is 0.200. The van der Waals surface area contributed by atoms with Gasteiger partial charge in [0.25, 0.3) is 0 Å². The minimum absolute atomic E-state index is 0.274. The quantitative estimate of drug-likeness (QED) is 0.171. The van der Waals surface area contributed by atoms with Gasteiger partial charge in [0.15, 0.2) is 0 Å². The van der Waals surface area contributed by atoms with Gasteiger partial charge < -0.3 is 10.3 Å². The summed E-state index contributed by atoms with van der Waals surface area (Å²) in [5.41, 5.74) is 10.4. The van der Waals surface area contributed by atoms with Crippen LogP contribution < -0.4 is 5.32 Å². The predicted molar refractivity (Wildman–Crippen MR) is 167 cm³/mol. The molecule has 0 bridgehead atoms. The second-order valence-electron chi connectivity index (χ2n) is 10.8. The Hall–Kier alpha value is -4.71. The molecule has 41 heavy (non-hydrogen) atoms. The zero-order valence-electron chi connectivity index (χ0n) is 23.3. The summed E-state index contributed by atoms with van der Waals surface area (Å²) in [6, 6.07) is 17.1. The Morgan fingerprint density at radius 2 is 1.88 bits per heavy atom. The topological polar surface area (TPSA) is 69.4 Å². The van der Waals surface area contributed by atoms with Gasteiger partial charge >= 0.3 is 0 Å². The van der Waals surface area contributed by atoms with Crippen molar-refractivity contribution in [3.63, 3.8) is 0 Å². The van der Waals surface area contributed by atoms with E-state index in [4.69, 9.17) is 0 Å². The van der Waals surface area contributed by atoms with Crippen LogP contribution in [0.25, 0.3) is 39.0 Å². The number of nitrogens with one attached hydrogen (secondary N) is 3. The van der Waals surface area contributed by atoms with Crippen LogP contribution in [0.3, 0.4) is 0 Å². The van der Waals surface area contributed by atoms with Gasteiger partial charge in [-0.15, -0.1) is 0 Å². The molecule has 0 radical (unpaired) electrons. The Bertz CT molecular complexity index is 1770. The van der Waals surface area contributed by atoms with E-state index in [1.54, 1.807) is 18.2 Å². The van der Waals surface area contributed by atoms with Crippen LogP contribution in [0.5, 0.6) is 0 Å². The molecule has 0 spiro atoms. The lowest BCUT2D eigenvalue weighted by Gasteiger charge is -2.24. The summed E-state index contributed by atoms with van der Waals surface area (Å²) >= 11 is 0. The van der Waals surface area contributed by atoms with Crippen LogP contribution in [-0.4, -0.2) is 20.2 Å². The molecule has 0 atom stereocenters. The van der Waals surface area contributed by atoms with Crippen LogP contribution in [-0.2, 0) is 0 Å². The number of H-pyrrole nitrogens is 2. The maximum absolute atomic E-state index is 14.0. The lowest BCUT2D eigenvalue weighted by Crippen LogP contribution is -2.14. The first-order valence-electron chi connectivity index (χ1n) is 14.2. The zero-order chi connectivity index (χ0) is 28.3. The number of benzene rings is 2. The molecule has 3 N–H and O–H groups in total. The van der Waals surface area contributed by atoms with Crippen LogP contribution in [0.4, 0.5) is 10.1 Å². The fourth-order valence-electron chi connectivity index (χ4n) is 5.88. The number of aromatic nitrogens is 4. The van der Waals surface area contributed by atoms with Crippen molar-refractivity contribution in [1.29, 1.82) is 0 Å².